The number of aryl methyl sites for hydroxylation is 2. The third-order valence-corrected chi connectivity index (χ3v) is 4.47. The standard InChI is InChI=1S/C25H27N3O/c1-17-8-7-9-18(2)21(17)14-15-26-24-22(16-23(27-24)28-25(3,4)5)19-10-12-20(29-6)13-11-19/h7-13,16H,1-6H3,(H,26,27,28). The summed E-state index contributed by atoms with van der Waals surface area (Å²) in [6, 6.07) is 17.1. The average Bonchev–Trinajstić information content (AvgIpc) is 3.05. The van der Waals surface area contributed by atoms with Crippen LogP contribution in [0.25, 0.3) is 5.57 Å². The summed E-state index contributed by atoms with van der Waals surface area (Å²) in [6.45, 7) is 10.3. The highest BCUT2D eigenvalue weighted by Gasteiger charge is 2.21. The van der Waals surface area contributed by atoms with Crippen LogP contribution in [0, 0.1) is 25.8 Å². The first kappa shape index (κ1) is 20.4. The molecule has 0 radical (unpaired) electrons. The number of aliphatic imine (C=N–C) groups is 2. The Hall–Kier alpha value is -3.32. The number of nitrogens with zero attached hydrogens (tertiary/aromatic N) is 2. The highest BCUT2D eigenvalue weighted by Crippen LogP contribution is 2.23. The van der Waals surface area contributed by atoms with Gasteiger partial charge < -0.3 is 10.1 Å². The van der Waals surface area contributed by atoms with Crippen molar-refractivity contribution in [2.24, 2.45) is 9.98 Å². The van der Waals surface area contributed by atoms with Crippen molar-refractivity contribution < 1.29 is 4.74 Å². The van der Waals surface area contributed by atoms with Crippen LogP contribution in [0.5, 0.6) is 5.75 Å². The molecule has 0 spiro atoms. The van der Waals surface area contributed by atoms with E-state index in [0.29, 0.717) is 5.84 Å². The van der Waals surface area contributed by atoms with Crippen molar-refractivity contribution in [2.45, 2.75) is 40.2 Å². The maximum Gasteiger partial charge on any atom is 0.150 e. The fraction of sp³-hybridized carbons (Fsp3) is 0.280. The Morgan fingerprint density at radius 3 is 2.21 bits per heavy atom. The molecule has 0 bridgehead atoms. The molecule has 4 heteroatoms. The zero-order valence-electron chi connectivity index (χ0n) is 17.9. The molecular weight excluding hydrogens is 358 g/mol. The number of amidine groups is 2. The quantitative estimate of drug-likeness (QED) is 0.747. The molecule has 0 aromatic heterocycles. The molecule has 1 aliphatic rings. The minimum Gasteiger partial charge on any atom is -0.497 e. The van der Waals surface area contributed by atoms with E-state index in [1.807, 2.05) is 36.4 Å². The van der Waals surface area contributed by atoms with Gasteiger partial charge in [0.25, 0.3) is 0 Å². The number of methoxy groups -OCH3 is 1. The number of hydrogen-bond acceptors (Lipinski definition) is 3. The van der Waals surface area contributed by atoms with E-state index in [2.05, 4.69) is 69.0 Å². The Balaban J connectivity index is 1.99. The fourth-order valence-corrected chi connectivity index (χ4v) is 3.08. The Kier molecular flexibility index (Phi) is 5.89. The molecule has 29 heavy (non-hydrogen) atoms. The van der Waals surface area contributed by atoms with Crippen molar-refractivity contribution in [3.63, 3.8) is 0 Å². The fourth-order valence-electron chi connectivity index (χ4n) is 3.08. The van der Waals surface area contributed by atoms with E-state index < -0.39 is 0 Å². The van der Waals surface area contributed by atoms with Crippen molar-refractivity contribution in [3.8, 4) is 17.7 Å². The van der Waals surface area contributed by atoms with Gasteiger partial charge in [-0.3, -0.25) is 4.99 Å². The third-order valence-electron chi connectivity index (χ3n) is 4.47. The van der Waals surface area contributed by atoms with E-state index in [1.54, 1.807) is 7.11 Å². The summed E-state index contributed by atoms with van der Waals surface area (Å²) in [5.74, 6) is 5.51. The van der Waals surface area contributed by atoms with E-state index in [4.69, 9.17) is 9.73 Å². The van der Waals surface area contributed by atoms with Crippen molar-refractivity contribution in [2.75, 3.05) is 7.11 Å². The third kappa shape index (κ3) is 5.14. The van der Waals surface area contributed by atoms with Gasteiger partial charge in [-0.15, -0.1) is 0 Å². The molecule has 1 N–H and O–H groups in total. The van der Waals surface area contributed by atoms with Gasteiger partial charge in [0.2, 0.25) is 0 Å². The van der Waals surface area contributed by atoms with Crippen molar-refractivity contribution in [1.29, 1.82) is 0 Å². The summed E-state index contributed by atoms with van der Waals surface area (Å²) in [4.78, 5) is 9.28. The van der Waals surface area contributed by atoms with Crippen LogP contribution >= 0.6 is 0 Å². The lowest BCUT2D eigenvalue weighted by Crippen LogP contribution is -2.26. The maximum absolute atomic E-state index is 5.27. The van der Waals surface area contributed by atoms with Crippen LogP contribution in [0.4, 0.5) is 0 Å². The molecule has 2 aromatic carbocycles. The van der Waals surface area contributed by atoms with Crippen LogP contribution in [-0.4, -0.2) is 24.3 Å². The lowest BCUT2D eigenvalue weighted by molar-refractivity contribution is 0.415. The molecule has 0 amide bonds. The summed E-state index contributed by atoms with van der Waals surface area (Å²) < 4.78 is 5.27. The van der Waals surface area contributed by atoms with Gasteiger partial charge >= 0.3 is 0 Å². The SMILES string of the molecule is COc1ccc(C2=CC(=NC(C)(C)C)NC2=NC#Cc2c(C)cccc2C)cc1. The van der Waals surface area contributed by atoms with Gasteiger partial charge in [-0.1, -0.05) is 30.3 Å². The minimum atomic E-state index is -0.191. The number of rotatable bonds is 2. The molecule has 0 saturated carbocycles. The van der Waals surface area contributed by atoms with E-state index in [9.17, 15) is 0 Å². The molecule has 0 aliphatic carbocycles. The number of ether oxygens (including phenoxy) is 1. The van der Waals surface area contributed by atoms with Crippen LogP contribution < -0.4 is 10.1 Å². The number of benzene rings is 2. The first-order valence-electron chi connectivity index (χ1n) is 9.65. The Bertz CT molecular complexity index is 1040. The smallest absolute Gasteiger partial charge is 0.150 e. The lowest BCUT2D eigenvalue weighted by Gasteiger charge is -2.12. The van der Waals surface area contributed by atoms with Gasteiger partial charge in [0, 0.05) is 17.2 Å². The molecule has 2 aromatic rings. The second-order valence-electron chi connectivity index (χ2n) is 8.04. The minimum absolute atomic E-state index is 0.191. The zero-order valence-corrected chi connectivity index (χ0v) is 17.9. The lowest BCUT2D eigenvalue weighted by atomic mass is 10.0. The molecule has 0 saturated heterocycles. The molecule has 0 unspecified atom stereocenters. The summed E-state index contributed by atoms with van der Waals surface area (Å²) >= 11 is 0. The van der Waals surface area contributed by atoms with Crippen LogP contribution in [0.2, 0.25) is 0 Å². The average molecular weight is 386 g/mol. The molecular formula is C25H27N3O. The molecule has 0 fully saturated rings. The van der Waals surface area contributed by atoms with E-state index in [0.717, 1.165) is 39.4 Å². The normalized spacial score (nSPS) is 16.3. The molecule has 148 valence electrons. The van der Waals surface area contributed by atoms with Gasteiger partial charge in [0.1, 0.15) is 17.4 Å². The largest absolute Gasteiger partial charge is 0.497 e. The monoisotopic (exact) mass is 385 g/mol. The number of nitrogens with one attached hydrogen (secondary N) is 1. The molecule has 0 atom stereocenters. The van der Waals surface area contributed by atoms with E-state index in [-0.39, 0.29) is 5.54 Å². The van der Waals surface area contributed by atoms with Crippen LogP contribution in [0.15, 0.2) is 58.5 Å². The van der Waals surface area contributed by atoms with E-state index >= 15 is 0 Å². The molecule has 4 nitrogen and oxygen atoms in total. The Labute approximate surface area is 173 Å². The van der Waals surface area contributed by atoms with Crippen molar-refractivity contribution in [1.82, 2.24) is 5.32 Å². The van der Waals surface area contributed by atoms with Crippen molar-refractivity contribution >= 4 is 17.2 Å². The zero-order chi connectivity index (χ0) is 21.0. The summed E-state index contributed by atoms with van der Waals surface area (Å²) in [6.07, 6.45) is 2.02. The van der Waals surface area contributed by atoms with Gasteiger partial charge in [-0.05, 0) is 75.4 Å². The number of hydrogen-bond donors (Lipinski definition) is 1. The Morgan fingerprint density at radius 2 is 1.62 bits per heavy atom. The van der Waals surface area contributed by atoms with Gasteiger partial charge in [-0.2, -0.15) is 4.99 Å². The molecule has 1 aliphatic heterocycles. The first-order valence-corrected chi connectivity index (χ1v) is 9.65. The predicted octanol–water partition coefficient (Wildman–Crippen LogP) is 4.90. The predicted molar refractivity (Wildman–Crippen MR) is 122 cm³/mol. The molecule has 1 heterocycles. The van der Waals surface area contributed by atoms with Crippen LogP contribution in [0.1, 0.15) is 43.0 Å². The second kappa shape index (κ2) is 8.36. The maximum atomic E-state index is 5.27. The summed E-state index contributed by atoms with van der Waals surface area (Å²) in [5, 5.41) is 3.31. The van der Waals surface area contributed by atoms with Gasteiger partial charge in [-0.25, -0.2) is 0 Å². The summed E-state index contributed by atoms with van der Waals surface area (Å²) in [7, 11) is 1.66. The van der Waals surface area contributed by atoms with E-state index in [1.165, 1.54) is 0 Å². The Morgan fingerprint density at radius 1 is 0.966 bits per heavy atom. The van der Waals surface area contributed by atoms with Crippen LogP contribution in [0.3, 0.4) is 0 Å². The second-order valence-corrected chi connectivity index (χ2v) is 8.04. The van der Waals surface area contributed by atoms with Gasteiger partial charge in [0.15, 0.2) is 0 Å². The highest BCUT2D eigenvalue weighted by molar-refractivity contribution is 6.37. The van der Waals surface area contributed by atoms with Gasteiger partial charge in [0.05, 0.1) is 12.6 Å². The highest BCUT2D eigenvalue weighted by atomic mass is 16.5. The summed E-state index contributed by atoms with van der Waals surface area (Å²) in [5.41, 5.74) is 5.13. The first-order chi connectivity index (χ1) is 13.8. The topological polar surface area (TPSA) is 46.0 Å². The van der Waals surface area contributed by atoms with Crippen molar-refractivity contribution in [3.05, 3.63) is 70.8 Å². The van der Waals surface area contributed by atoms with Crippen LogP contribution in [-0.2, 0) is 0 Å². The molecule has 3 rings (SSSR count).